The highest BCUT2D eigenvalue weighted by Crippen LogP contribution is 2.60. The van der Waals surface area contributed by atoms with E-state index in [1.54, 1.807) is 32.9 Å². The number of ketones is 1. The fraction of sp³-hybridized carbons (Fsp3) is 0.348. The molecule has 0 spiro atoms. The van der Waals surface area contributed by atoms with Gasteiger partial charge in [-0.1, -0.05) is 17.7 Å². The van der Waals surface area contributed by atoms with Crippen LogP contribution < -0.4 is 0 Å². The van der Waals surface area contributed by atoms with E-state index in [4.69, 9.17) is 0 Å². The van der Waals surface area contributed by atoms with E-state index in [2.05, 4.69) is 0 Å². The summed E-state index contributed by atoms with van der Waals surface area (Å²) in [6.45, 7) is 8.70. The first-order valence-electron chi connectivity index (χ1n) is 9.21. The van der Waals surface area contributed by atoms with Gasteiger partial charge in [-0.05, 0) is 70.4 Å². The summed E-state index contributed by atoms with van der Waals surface area (Å²) in [7, 11) is 0. The number of carbonyl (C=O) groups excluding carboxylic acids is 1. The molecule has 1 aliphatic rings. The number of Topliss-reactive ketones (excluding diaryl/α,β-unsaturated/α-hetero) is 1. The normalized spacial score (nSPS) is 20.1. The van der Waals surface area contributed by atoms with Crippen molar-refractivity contribution in [1.82, 2.24) is 0 Å². The van der Waals surface area contributed by atoms with Crippen LogP contribution in [0.4, 0.5) is 0 Å². The van der Waals surface area contributed by atoms with Crippen LogP contribution in [0.3, 0.4) is 0 Å². The molecule has 0 amide bonds. The molecule has 3 rings (SSSR count). The molecule has 0 saturated carbocycles. The summed E-state index contributed by atoms with van der Waals surface area (Å²) in [6, 6.07) is 6.04. The third-order valence-corrected chi connectivity index (χ3v) is 5.67. The molecule has 28 heavy (non-hydrogen) atoms. The largest absolute Gasteiger partial charge is 0.508 e. The second-order valence-electron chi connectivity index (χ2n) is 8.32. The number of carbonyl (C=O) groups is 1. The molecular formula is C23H26O5. The van der Waals surface area contributed by atoms with Crippen molar-refractivity contribution in [2.45, 2.75) is 46.6 Å². The lowest BCUT2D eigenvalue weighted by atomic mass is 9.69. The van der Waals surface area contributed by atoms with Crippen molar-refractivity contribution in [2.75, 3.05) is 0 Å². The third-order valence-electron chi connectivity index (χ3n) is 5.67. The minimum atomic E-state index is -2.09. The Morgan fingerprint density at radius 1 is 1.04 bits per heavy atom. The summed E-state index contributed by atoms with van der Waals surface area (Å²) in [6.07, 6.45) is 2.32. The molecule has 0 aromatic heterocycles. The molecule has 0 heterocycles. The van der Waals surface area contributed by atoms with Crippen molar-refractivity contribution < 1.29 is 25.2 Å². The minimum absolute atomic E-state index is 0.0121. The van der Waals surface area contributed by atoms with E-state index in [1.807, 2.05) is 19.9 Å². The Morgan fingerprint density at radius 2 is 1.68 bits per heavy atom. The number of aromatic hydroxyl groups is 3. The maximum Gasteiger partial charge on any atom is 0.172 e. The molecule has 5 heteroatoms. The van der Waals surface area contributed by atoms with E-state index in [0.717, 1.165) is 5.57 Å². The highest BCUT2D eigenvalue weighted by molar-refractivity contribution is 6.08. The lowest BCUT2D eigenvalue weighted by molar-refractivity contribution is -0.0155. The first-order valence-corrected chi connectivity index (χ1v) is 9.21. The SMILES string of the molecule is CC(C)=CCc1ccc(O)c([C@@]2(O)c3c(O)cc(C)cc3C(=O)C2(C)C)c1O. The average Bonchev–Trinajstić information content (AvgIpc) is 2.73. The maximum atomic E-state index is 13.1. The first-order chi connectivity index (χ1) is 12.9. The van der Waals surface area contributed by atoms with Crippen molar-refractivity contribution in [3.8, 4) is 17.2 Å². The molecule has 0 unspecified atom stereocenters. The summed E-state index contributed by atoms with van der Waals surface area (Å²) in [5.41, 5.74) is -1.22. The summed E-state index contributed by atoms with van der Waals surface area (Å²) >= 11 is 0. The van der Waals surface area contributed by atoms with Gasteiger partial charge in [-0.3, -0.25) is 4.79 Å². The van der Waals surface area contributed by atoms with Crippen LogP contribution in [-0.2, 0) is 12.0 Å². The molecule has 0 fully saturated rings. The molecule has 148 valence electrons. The molecular weight excluding hydrogens is 356 g/mol. The first kappa shape index (κ1) is 20.0. The number of fused-ring (bicyclic) bond motifs is 1. The van der Waals surface area contributed by atoms with E-state index in [9.17, 15) is 25.2 Å². The van der Waals surface area contributed by atoms with E-state index in [-0.39, 0.29) is 39.7 Å². The second-order valence-corrected chi connectivity index (χ2v) is 8.32. The number of rotatable bonds is 3. The molecule has 4 N–H and O–H groups in total. The van der Waals surface area contributed by atoms with Gasteiger partial charge in [0.2, 0.25) is 0 Å². The highest BCUT2D eigenvalue weighted by atomic mass is 16.3. The Morgan fingerprint density at radius 3 is 2.29 bits per heavy atom. The van der Waals surface area contributed by atoms with E-state index in [1.165, 1.54) is 12.1 Å². The summed E-state index contributed by atoms with van der Waals surface area (Å²) < 4.78 is 0. The van der Waals surface area contributed by atoms with Crippen LogP contribution in [0.1, 0.15) is 60.3 Å². The monoisotopic (exact) mass is 382 g/mol. The Bertz CT molecular complexity index is 1010. The smallest absolute Gasteiger partial charge is 0.172 e. The van der Waals surface area contributed by atoms with Crippen LogP contribution in [0.5, 0.6) is 17.2 Å². The summed E-state index contributed by atoms with van der Waals surface area (Å²) in [4.78, 5) is 13.1. The van der Waals surface area contributed by atoms with Crippen LogP contribution in [0, 0.1) is 12.3 Å². The third kappa shape index (κ3) is 2.61. The van der Waals surface area contributed by atoms with Crippen LogP contribution in [-0.4, -0.2) is 26.2 Å². The van der Waals surface area contributed by atoms with Crippen LogP contribution in [0.2, 0.25) is 0 Å². The summed E-state index contributed by atoms with van der Waals surface area (Å²) in [5, 5.41) is 44.0. The zero-order valence-corrected chi connectivity index (χ0v) is 16.8. The van der Waals surface area contributed by atoms with Crippen molar-refractivity contribution >= 4 is 5.78 Å². The Kier molecular flexibility index (Phi) is 4.55. The number of aryl methyl sites for hydroxylation is 1. The van der Waals surface area contributed by atoms with E-state index >= 15 is 0 Å². The molecule has 0 bridgehead atoms. The molecule has 0 saturated heterocycles. The predicted molar refractivity (Wildman–Crippen MR) is 107 cm³/mol. The second kappa shape index (κ2) is 6.38. The summed E-state index contributed by atoms with van der Waals surface area (Å²) in [5.74, 6) is -1.23. The van der Waals surface area contributed by atoms with Crippen molar-refractivity contribution in [1.29, 1.82) is 0 Å². The van der Waals surface area contributed by atoms with Gasteiger partial charge in [0.25, 0.3) is 0 Å². The predicted octanol–water partition coefficient (Wildman–Crippen LogP) is 4.08. The average molecular weight is 382 g/mol. The fourth-order valence-corrected chi connectivity index (χ4v) is 4.04. The minimum Gasteiger partial charge on any atom is -0.508 e. The highest BCUT2D eigenvalue weighted by Gasteiger charge is 2.61. The maximum absolute atomic E-state index is 13.1. The standard InChI is InChI=1S/C23H26O5/c1-12(2)6-7-14-8-9-16(24)19(20(14)26)23(28)18-15(21(27)22(23,4)5)10-13(3)11-17(18)25/h6,8-11,24-26,28H,7H2,1-5H3/t23-/m0/s1. The number of phenolic OH excluding ortho intramolecular Hbond substituents is 3. The van der Waals surface area contributed by atoms with Gasteiger partial charge in [0.05, 0.1) is 11.0 Å². The van der Waals surface area contributed by atoms with Crippen molar-refractivity contribution in [3.63, 3.8) is 0 Å². The van der Waals surface area contributed by atoms with Gasteiger partial charge < -0.3 is 20.4 Å². The molecule has 1 aliphatic carbocycles. The number of phenols is 3. The van der Waals surface area contributed by atoms with Crippen molar-refractivity contribution in [3.05, 3.63) is 63.7 Å². The lowest BCUT2D eigenvalue weighted by Gasteiger charge is -2.37. The quantitative estimate of drug-likeness (QED) is 0.600. The number of aliphatic hydroxyl groups is 1. The van der Waals surface area contributed by atoms with Crippen LogP contribution in [0.25, 0.3) is 0 Å². The molecule has 2 aromatic rings. The topological polar surface area (TPSA) is 98.0 Å². The number of hydrogen-bond acceptors (Lipinski definition) is 5. The Balaban J connectivity index is 2.37. The van der Waals surface area contributed by atoms with Crippen LogP contribution in [0.15, 0.2) is 35.9 Å². The molecule has 0 aliphatic heterocycles. The van der Waals surface area contributed by atoms with E-state index in [0.29, 0.717) is 17.5 Å². The van der Waals surface area contributed by atoms with Crippen LogP contribution >= 0.6 is 0 Å². The fourth-order valence-electron chi connectivity index (χ4n) is 4.04. The molecule has 2 aromatic carbocycles. The van der Waals surface area contributed by atoms with Gasteiger partial charge in [0.1, 0.15) is 22.8 Å². The zero-order valence-electron chi connectivity index (χ0n) is 16.8. The number of allylic oxidation sites excluding steroid dienone is 2. The Labute approximate surface area is 164 Å². The van der Waals surface area contributed by atoms with E-state index < -0.39 is 11.0 Å². The lowest BCUT2D eigenvalue weighted by Crippen LogP contribution is -2.42. The van der Waals surface area contributed by atoms with Gasteiger partial charge >= 0.3 is 0 Å². The van der Waals surface area contributed by atoms with Gasteiger partial charge in [-0.15, -0.1) is 0 Å². The Hall–Kier alpha value is -2.79. The molecule has 0 radical (unpaired) electrons. The van der Waals surface area contributed by atoms with Crippen molar-refractivity contribution in [2.24, 2.45) is 5.41 Å². The molecule has 5 nitrogen and oxygen atoms in total. The molecule has 1 atom stereocenters. The number of hydrogen-bond donors (Lipinski definition) is 4. The number of benzene rings is 2. The van der Waals surface area contributed by atoms with Gasteiger partial charge in [0, 0.05) is 11.1 Å². The van der Waals surface area contributed by atoms with Gasteiger partial charge in [-0.25, -0.2) is 0 Å². The zero-order chi connectivity index (χ0) is 21.0. The van der Waals surface area contributed by atoms with Gasteiger partial charge in [0.15, 0.2) is 5.78 Å². The van der Waals surface area contributed by atoms with Gasteiger partial charge in [-0.2, -0.15) is 0 Å².